The number of carbonyl (C=O) groups is 1. The Labute approximate surface area is 151 Å². The van der Waals surface area contributed by atoms with Crippen LogP contribution >= 0.6 is 0 Å². The van der Waals surface area contributed by atoms with Crippen LogP contribution in [0.1, 0.15) is 15.9 Å². The van der Waals surface area contributed by atoms with Gasteiger partial charge in [-0.15, -0.1) is 0 Å². The molecule has 1 heterocycles. The minimum absolute atomic E-state index is 0.0171. The van der Waals surface area contributed by atoms with Crippen molar-refractivity contribution < 1.29 is 27.8 Å². The molecule has 3 rings (SSSR count). The fraction of sp³-hybridized carbons (Fsp3) is 0.0556. The molecule has 0 atom stereocenters. The quantitative estimate of drug-likeness (QED) is 0.724. The number of rotatable bonds is 4. The first-order valence-electron chi connectivity index (χ1n) is 7.55. The summed E-state index contributed by atoms with van der Waals surface area (Å²) in [6.07, 6.45) is -1.72. The number of hydrogen-bond donors (Lipinski definition) is 2. The Morgan fingerprint density at radius 2 is 1.70 bits per heavy atom. The molecular formula is C18H12F3N3O3. The summed E-state index contributed by atoms with van der Waals surface area (Å²) in [4.78, 5) is 19.4. The molecule has 2 aromatic carbocycles. The summed E-state index contributed by atoms with van der Waals surface area (Å²) < 4.78 is 43.5. The van der Waals surface area contributed by atoms with E-state index < -0.39 is 17.6 Å². The Morgan fingerprint density at radius 3 is 2.30 bits per heavy atom. The van der Waals surface area contributed by atoms with Crippen molar-refractivity contribution in [2.24, 2.45) is 5.73 Å². The number of amides is 1. The maximum Gasteiger partial charge on any atom is 0.416 e. The van der Waals surface area contributed by atoms with Gasteiger partial charge in [-0.2, -0.15) is 13.2 Å². The van der Waals surface area contributed by atoms with E-state index in [2.05, 4.69) is 9.97 Å². The standard InChI is InChI=1S/C18H12F3N3O3/c19-18(20,21)11-2-4-12(5-3-11)27-17-15(23-7-8-24-17)10-1-6-13(16(22)26)14(25)9-10/h1-9,25H,(H2,22,26). The lowest BCUT2D eigenvalue weighted by atomic mass is 10.1. The number of nitrogens with two attached hydrogens (primary N) is 1. The molecule has 0 bridgehead atoms. The number of primary amides is 1. The maximum absolute atomic E-state index is 12.6. The van der Waals surface area contributed by atoms with E-state index in [-0.39, 0.29) is 28.6 Å². The third-order valence-electron chi connectivity index (χ3n) is 3.60. The summed E-state index contributed by atoms with van der Waals surface area (Å²) in [5, 5.41) is 9.91. The van der Waals surface area contributed by atoms with Gasteiger partial charge >= 0.3 is 6.18 Å². The van der Waals surface area contributed by atoms with Gasteiger partial charge in [-0.05, 0) is 36.4 Å². The number of nitrogens with zero attached hydrogens (tertiary/aromatic N) is 2. The van der Waals surface area contributed by atoms with Gasteiger partial charge in [0.05, 0.1) is 11.1 Å². The first kappa shape index (κ1) is 18.2. The molecule has 0 spiro atoms. The minimum atomic E-state index is -4.45. The molecule has 3 N–H and O–H groups in total. The van der Waals surface area contributed by atoms with Crippen molar-refractivity contribution in [3.8, 4) is 28.6 Å². The van der Waals surface area contributed by atoms with Gasteiger partial charge in [-0.1, -0.05) is 6.07 Å². The average Bonchev–Trinajstić information content (AvgIpc) is 2.61. The summed E-state index contributed by atoms with van der Waals surface area (Å²) in [7, 11) is 0. The molecule has 27 heavy (non-hydrogen) atoms. The van der Waals surface area contributed by atoms with Gasteiger partial charge < -0.3 is 15.6 Å². The predicted molar refractivity (Wildman–Crippen MR) is 89.2 cm³/mol. The Hall–Kier alpha value is -3.62. The molecule has 6 nitrogen and oxygen atoms in total. The molecule has 0 radical (unpaired) electrons. The molecule has 138 valence electrons. The second-order valence-electron chi connectivity index (χ2n) is 5.43. The second-order valence-corrected chi connectivity index (χ2v) is 5.43. The van der Waals surface area contributed by atoms with Crippen LogP contribution in [0.25, 0.3) is 11.3 Å². The molecule has 3 aromatic rings. The van der Waals surface area contributed by atoms with Crippen LogP contribution in [-0.2, 0) is 6.18 Å². The first-order valence-corrected chi connectivity index (χ1v) is 7.55. The van der Waals surface area contributed by atoms with Crippen molar-refractivity contribution in [3.05, 3.63) is 66.0 Å². The monoisotopic (exact) mass is 375 g/mol. The first-order chi connectivity index (χ1) is 12.8. The molecule has 0 aliphatic carbocycles. The normalized spacial score (nSPS) is 11.2. The number of halogens is 3. The lowest BCUT2D eigenvalue weighted by Crippen LogP contribution is -2.10. The number of phenols is 1. The summed E-state index contributed by atoms with van der Waals surface area (Å²) in [6.45, 7) is 0. The second kappa shape index (κ2) is 6.94. The minimum Gasteiger partial charge on any atom is -0.507 e. The van der Waals surface area contributed by atoms with E-state index in [0.29, 0.717) is 5.56 Å². The van der Waals surface area contributed by atoms with Crippen LogP contribution in [0.3, 0.4) is 0 Å². The molecule has 0 fully saturated rings. The molecule has 1 aromatic heterocycles. The van der Waals surface area contributed by atoms with Crippen molar-refractivity contribution in [3.63, 3.8) is 0 Å². The zero-order chi connectivity index (χ0) is 19.6. The zero-order valence-electron chi connectivity index (χ0n) is 13.6. The Bertz CT molecular complexity index is 989. The van der Waals surface area contributed by atoms with Crippen molar-refractivity contribution in [2.75, 3.05) is 0 Å². The van der Waals surface area contributed by atoms with Gasteiger partial charge in [-0.3, -0.25) is 4.79 Å². The highest BCUT2D eigenvalue weighted by Crippen LogP contribution is 2.34. The number of hydrogen-bond acceptors (Lipinski definition) is 5. The molecular weight excluding hydrogens is 363 g/mol. The Morgan fingerprint density at radius 1 is 1.04 bits per heavy atom. The number of aromatic nitrogens is 2. The molecule has 0 saturated carbocycles. The van der Waals surface area contributed by atoms with E-state index in [1.807, 2.05) is 0 Å². The lowest BCUT2D eigenvalue weighted by molar-refractivity contribution is -0.137. The predicted octanol–water partition coefficient (Wildman–Crippen LogP) is 3.76. The van der Waals surface area contributed by atoms with Crippen molar-refractivity contribution >= 4 is 5.91 Å². The van der Waals surface area contributed by atoms with Crippen molar-refractivity contribution in [2.45, 2.75) is 6.18 Å². The summed E-state index contributed by atoms with van der Waals surface area (Å²) in [6, 6.07) is 8.18. The molecule has 0 saturated heterocycles. The van der Waals surface area contributed by atoms with Gasteiger partial charge in [0.25, 0.3) is 5.91 Å². The smallest absolute Gasteiger partial charge is 0.416 e. The van der Waals surface area contributed by atoms with E-state index >= 15 is 0 Å². The Balaban J connectivity index is 1.93. The van der Waals surface area contributed by atoms with Gasteiger partial charge in [0, 0.05) is 18.0 Å². The van der Waals surface area contributed by atoms with Crippen molar-refractivity contribution in [1.82, 2.24) is 9.97 Å². The fourth-order valence-electron chi connectivity index (χ4n) is 2.31. The van der Waals surface area contributed by atoms with E-state index in [9.17, 15) is 23.1 Å². The summed E-state index contributed by atoms with van der Waals surface area (Å²) in [5.74, 6) is -0.989. The third-order valence-corrected chi connectivity index (χ3v) is 3.60. The van der Waals surface area contributed by atoms with Gasteiger partial charge in [0.1, 0.15) is 17.2 Å². The molecule has 1 amide bonds. The van der Waals surface area contributed by atoms with Crippen molar-refractivity contribution in [1.29, 1.82) is 0 Å². The van der Waals surface area contributed by atoms with Gasteiger partial charge in [0.2, 0.25) is 5.88 Å². The molecule has 0 unspecified atom stereocenters. The zero-order valence-corrected chi connectivity index (χ0v) is 13.6. The molecule has 0 aliphatic rings. The molecule has 9 heteroatoms. The van der Waals surface area contributed by atoms with Crippen LogP contribution in [0.2, 0.25) is 0 Å². The van der Waals surface area contributed by atoms with Crippen LogP contribution in [0.15, 0.2) is 54.9 Å². The number of benzene rings is 2. The SMILES string of the molecule is NC(=O)c1ccc(-c2nccnc2Oc2ccc(C(F)(F)F)cc2)cc1O. The fourth-order valence-corrected chi connectivity index (χ4v) is 2.31. The highest BCUT2D eigenvalue weighted by Gasteiger charge is 2.30. The van der Waals surface area contributed by atoms with Gasteiger partial charge in [-0.25, -0.2) is 9.97 Å². The lowest BCUT2D eigenvalue weighted by Gasteiger charge is -2.11. The largest absolute Gasteiger partial charge is 0.507 e. The van der Waals surface area contributed by atoms with E-state index in [1.165, 1.54) is 30.6 Å². The average molecular weight is 375 g/mol. The van der Waals surface area contributed by atoms with E-state index in [1.54, 1.807) is 0 Å². The maximum atomic E-state index is 12.6. The number of ether oxygens (including phenoxy) is 1. The number of aromatic hydroxyl groups is 1. The highest BCUT2D eigenvalue weighted by atomic mass is 19.4. The summed E-state index contributed by atoms with van der Waals surface area (Å²) >= 11 is 0. The van der Waals surface area contributed by atoms with E-state index in [0.717, 1.165) is 24.3 Å². The Kier molecular flexibility index (Phi) is 4.68. The van der Waals surface area contributed by atoms with Crippen LogP contribution < -0.4 is 10.5 Å². The number of alkyl halides is 3. The topological polar surface area (TPSA) is 98.3 Å². The van der Waals surface area contributed by atoms with Crippen LogP contribution in [0.5, 0.6) is 17.4 Å². The van der Waals surface area contributed by atoms with E-state index in [4.69, 9.17) is 10.5 Å². The van der Waals surface area contributed by atoms with Gasteiger partial charge in [0.15, 0.2) is 0 Å². The summed E-state index contributed by atoms with van der Waals surface area (Å²) in [5.41, 5.74) is 4.89. The molecule has 0 aliphatic heterocycles. The van der Waals surface area contributed by atoms with Crippen LogP contribution in [-0.4, -0.2) is 21.0 Å². The van der Waals surface area contributed by atoms with Crippen LogP contribution in [0, 0.1) is 0 Å². The third kappa shape index (κ3) is 3.97. The van der Waals surface area contributed by atoms with Crippen LogP contribution in [0.4, 0.5) is 13.2 Å². The number of carbonyl (C=O) groups excluding carboxylic acids is 1. The highest BCUT2D eigenvalue weighted by molar-refractivity contribution is 5.96.